The minimum absolute atomic E-state index is 0.0212. The first-order chi connectivity index (χ1) is 11.4. The van der Waals surface area contributed by atoms with E-state index in [1.807, 2.05) is 0 Å². The number of likely N-dealkylation sites (N-methyl/N-ethyl adjacent to an activating group) is 2. The van der Waals surface area contributed by atoms with Gasteiger partial charge < -0.3 is 9.47 Å². The summed E-state index contributed by atoms with van der Waals surface area (Å²) in [6.07, 6.45) is 6.66. The van der Waals surface area contributed by atoms with Gasteiger partial charge in [0.1, 0.15) is 12.2 Å². The first-order valence-electron chi connectivity index (χ1n) is 6.96. The van der Waals surface area contributed by atoms with Gasteiger partial charge in [0.15, 0.2) is 16.6 Å². The second kappa shape index (κ2) is 7.15. The Hall–Kier alpha value is -2.85. The molecule has 2 amide bonds. The van der Waals surface area contributed by atoms with Crippen molar-refractivity contribution >= 4 is 35.2 Å². The first kappa shape index (κ1) is 17.5. The number of benzene rings is 1. The Labute approximate surface area is 145 Å². The summed E-state index contributed by atoms with van der Waals surface area (Å²) in [4.78, 5) is 27.1. The van der Waals surface area contributed by atoms with Crippen molar-refractivity contribution < 1.29 is 19.1 Å². The van der Waals surface area contributed by atoms with E-state index >= 15 is 0 Å². The highest BCUT2D eigenvalue weighted by molar-refractivity contribution is 7.80. The number of hydrogen-bond donors (Lipinski definition) is 0. The zero-order valence-corrected chi connectivity index (χ0v) is 14.3. The standard InChI is InChI=1S/C17H16N2O4S/c1-5-8-23-13-7-6-11(10-14(13)22-4)9-12-15(20)18(2)17(24)19(3)16(12)21/h1,6-7,9-10H,8H2,2-4H3. The van der Waals surface area contributed by atoms with Crippen LogP contribution in [0.15, 0.2) is 23.8 Å². The van der Waals surface area contributed by atoms with Gasteiger partial charge in [0, 0.05) is 14.1 Å². The minimum Gasteiger partial charge on any atom is -0.493 e. The molecule has 7 heteroatoms. The van der Waals surface area contributed by atoms with Crippen LogP contribution >= 0.6 is 12.2 Å². The summed E-state index contributed by atoms with van der Waals surface area (Å²) in [5.74, 6) is 2.40. The Bertz CT molecular complexity index is 753. The van der Waals surface area contributed by atoms with Crippen molar-refractivity contribution in [3.63, 3.8) is 0 Å². The van der Waals surface area contributed by atoms with Crippen molar-refractivity contribution in [2.24, 2.45) is 0 Å². The number of thiocarbonyl (C=S) groups is 1. The fourth-order valence-corrected chi connectivity index (χ4v) is 2.32. The SMILES string of the molecule is C#CCOc1ccc(C=C2C(=O)N(C)C(=S)N(C)C2=O)cc1OC. The van der Waals surface area contributed by atoms with Crippen LogP contribution in [-0.4, -0.2) is 54.5 Å². The van der Waals surface area contributed by atoms with Gasteiger partial charge in [-0.05, 0) is 36.0 Å². The number of methoxy groups -OCH3 is 1. The third-order valence-electron chi connectivity index (χ3n) is 3.45. The molecular weight excluding hydrogens is 328 g/mol. The average molecular weight is 344 g/mol. The maximum Gasteiger partial charge on any atom is 0.265 e. The highest BCUT2D eigenvalue weighted by Crippen LogP contribution is 2.29. The summed E-state index contributed by atoms with van der Waals surface area (Å²) in [5.41, 5.74) is 0.638. The van der Waals surface area contributed by atoms with Crippen molar-refractivity contribution in [2.45, 2.75) is 0 Å². The van der Waals surface area contributed by atoms with Crippen molar-refractivity contribution in [1.29, 1.82) is 0 Å². The number of amides is 2. The van der Waals surface area contributed by atoms with E-state index < -0.39 is 11.8 Å². The molecule has 0 saturated carbocycles. The molecule has 0 bridgehead atoms. The van der Waals surface area contributed by atoms with Crippen LogP contribution < -0.4 is 9.47 Å². The number of rotatable bonds is 4. The predicted octanol–water partition coefficient (Wildman–Crippen LogP) is 1.31. The van der Waals surface area contributed by atoms with Gasteiger partial charge in [-0.15, -0.1) is 6.42 Å². The molecule has 0 aliphatic carbocycles. The van der Waals surface area contributed by atoms with Crippen LogP contribution in [0.5, 0.6) is 11.5 Å². The van der Waals surface area contributed by atoms with E-state index in [2.05, 4.69) is 5.92 Å². The van der Waals surface area contributed by atoms with E-state index in [-0.39, 0.29) is 17.3 Å². The summed E-state index contributed by atoms with van der Waals surface area (Å²) in [6.45, 7) is 0.112. The summed E-state index contributed by atoms with van der Waals surface area (Å²) in [7, 11) is 4.55. The molecule has 1 aliphatic rings. The van der Waals surface area contributed by atoms with E-state index in [0.717, 1.165) is 0 Å². The van der Waals surface area contributed by atoms with Gasteiger partial charge in [-0.25, -0.2) is 0 Å². The molecule has 1 aliphatic heterocycles. The maximum absolute atomic E-state index is 12.3. The lowest BCUT2D eigenvalue weighted by Gasteiger charge is -2.31. The second-order valence-electron chi connectivity index (χ2n) is 4.97. The molecule has 0 atom stereocenters. The molecule has 1 heterocycles. The van der Waals surface area contributed by atoms with E-state index in [1.54, 1.807) is 18.2 Å². The predicted molar refractivity (Wildman–Crippen MR) is 93.4 cm³/mol. The Morgan fingerprint density at radius 1 is 1.21 bits per heavy atom. The molecule has 0 spiro atoms. The van der Waals surface area contributed by atoms with Crippen LogP contribution in [0.4, 0.5) is 0 Å². The topological polar surface area (TPSA) is 59.1 Å². The number of terminal acetylenes is 1. The van der Waals surface area contributed by atoms with Crippen molar-refractivity contribution in [2.75, 3.05) is 27.8 Å². The van der Waals surface area contributed by atoms with Crippen LogP contribution in [-0.2, 0) is 9.59 Å². The molecule has 0 radical (unpaired) electrons. The fourth-order valence-electron chi connectivity index (χ4n) is 2.15. The number of carbonyl (C=O) groups excluding carboxylic acids is 2. The monoisotopic (exact) mass is 344 g/mol. The molecule has 6 nitrogen and oxygen atoms in total. The largest absolute Gasteiger partial charge is 0.493 e. The normalized spacial score (nSPS) is 14.6. The molecule has 1 saturated heterocycles. The number of ether oxygens (including phenoxy) is 2. The van der Waals surface area contributed by atoms with Crippen LogP contribution in [0.1, 0.15) is 5.56 Å². The molecule has 24 heavy (non-hydrogen) atoms. The van der Waals surface area contributed by atoms with E-state index in [4.69, 9.17) is 28.1 Å². The summed E-state index contributed by atoms with van der Waals surface area (Å²) < 4.78 is 10.6. The zero-order valence-electron chi connectivity index (χ0n) is 13.5. The molecule has 0 aromatic heterocycles. The number of carbonyl (C=O) groups is 2. The molecule has 1 aromatic carbocycles. The summed E-state index contributed by atoms with van der Waals surface area (Å²) in [6, 6.07) is 5.03. The van der Waals surface area contributed by atoms with Gasteiger partial charge >= 0.3 is 0 Å². The summed E-state index contributed by atoms with van der Waals surface area (Å²) >= 11 is 5.05. The molecule has 0 N–H and O–H groups in total. The van der Waals surface area contributed by atoms with Gasteiger partial charge in [0.25, 0.3) is 11.8 Å². The van der Waals surface area contributed by atoms with Gasteiger partial charge in [-0.1, -0.05) is 12.0 Å². The molecule has 2 rings (SSSR count). The number of nitrogens with zero attached hydrogens (tertiary/aromatic N) is 2. The molecule has 0 unspecified atom stereocenters. The minimum atomic E-state index is -0.449. The van der Waals surface area contributed by atoms with Gasteiger partial charge in [0.2, 0.25) is 0 Å². The second-order valence-corrected chi connectivity index (χ2v) is 5.34. The zero-order chi connectivity index (χ0) is 17.9. The smallest absolute Gasteiger partial charge is 0.265 e. The highest BCUT2D eigenvalue weighted by atomic mass is 32.1. The van der Waals surface area contributed by atoms with Gasteiger partial charge in [-0.2, -0.15) is 0 Å². The van der Waals surface area contributed by atoms with Crippen molar-refractivity contribution in [3.05, 3.63) is 29.3 Å². The molecule has 1 aromatic rings. The highest BCUT2D eigenvalue weighted by Gasteiger charge is 2.35. The van der Waals surface area contributed by atoms with Gasteiger partial charge in [0.05, 0.1) is 7.11 Å². The third-order valence-corrected chi connectivity index (χ3v) is 4.00. The van der Waals surface area contributed by atoms with Gasteiger partial charge in [-0.3, -0.25) is 19.4 Å². The Kier molecular flexibility index (Phi) is 5.21. The first-order valence-corrected chi connectivity index (χ1v) is 7.37. The molecule has 1 fully saturated rings. The quantitative estimate of drug-likeness (QED) is 0.357. The van der Waals surface area contributed by atoms with E-state index in [1.165, 1.54) is 37.1 Å². The van der Waals surface area contributed by atoms with Crippen LogP contribution in [0, 0.1) is 12.3 Å². The van der Waals surface area contributed by atoms with Crippen LogP contribution in [0.3, 0.4) is 0 Å². The molecule has 124 valence electrons. The summed E-state index contributed by atoms with van der Waals surface area (Å²) in [5, 5.41) is 0.165. The fraction of sp³-hybridized carbons (Fsp3) is 0.235. The Balaban J connectivity index is 2.39. The van der Waals surface area contributed by atoms with Crippen LogP contribution in [0.2, 0.25) is 0 Å². The van der Waals surface area contributed by atoms with Crippen molar-refractivity contribution in [3.8, 4) is 23.8 Å². The Morgan fingerprint density at radius 2 is 1.83 bits per heavy atom. The van der Waals surface area contributed by atoms with Crippen molar-refractivity contribution in [1.82, 2.24) is 9.80 Å². The van der Waals surface area contributed by atoms with Crippen LogP contribution in [0.25, 0.3) is 6.08 Å². The lowest BCUT2D eigenvalue weighted by molar-refractivity contribution is -0.132. The number of hydrogen-bond acceptors (Lipinski definition) is 5. The van der Waals surface area contributed by atoms with E-state index in [0.29, 0.717) is 17.1 Å². The molecular formula is C17H16N2O4S. The Morgan fingerprint density at radius 3 is 2.38 bits per heavy atom. The van der Waals surface area contributed by atoms with E-state index in [9.17, 15) is 9.59 Å². The maximum atomic E-state index is 12.3. The third kappa shape index (κ3) is 3.24. The average Bonchev–Trinajstić information content (AvgIpc) is 2.60. The lowest BCUT2D eigenvalue weighted by Crippen LogP contribution is -2.52. The lowest BCUT2D eigenvalue weighted by atomic mass is 10.1.